The first kappa shape index (κ1) is 13.1. The van der Waals surface area contributed by atoms with Crippen LogP contribution in [0.3, 0.4) is 0 Å². The van der Waals surface area contributed by atoms with Crippen molar-refractivity contribution in [2.75, 3.05) is 20.3 Å². The number of rotatable bonds is 9. The first-order chi connectivity index (χ1) is 7.86. The Bertz CT molecular complexity index is 250. The minimum Gasteiger partial charge on any atom is -0.383 e. The molecule has 0 saturated carbocycles. The van der Waals surface area contributed by atoms with E-state index in [9.17, 15) is 0 Å². The fourth-order valence-corrected chi connectivity index (χ4v) is 1.64. The van der Waals surface area contributed by atoms with Crippen molar-refractivity contribution in [1.29, 1.82) is 0 Å². The highest BCUT2D eigenvalue weighted by Gasteiger charge is 2.06. The van der Waals surface area contributed by atoms with Crippen LogP contribution in [0.4, 0.5) is 0 Å². The number of ether oxygens (including phenoxy) is 1. The van der Waals surface area contributed by atoms with Crippen LogP contribution in [0.2, 0.25) is 0 Å². The Morgan fingerprint density at radius 1 is 1.56 bits per heavy atom. The van der Waals surface area contributed by atoms with Gasteiger partial charge in [-0.05, 0) is 6.42 Å². The first-order valence-corrected chi connectivity index (χ1v) is 5.93. The van der Waals surface area contributed by atoms with Gasteiger partial charge in [-0.1, -0.05) is 19.8 Å². The van der Waals surface area contributed by atoms with Crippen molar-refractivity contribution in [1.82, 2.24) is 20.5 Å². The third-order valence-electron chi connectivity index (χ3n) is 2.53. The largest absolute Gasteiger partial charge is 0.383 e. The zero-order valence-electron chi connectivity index (χ0n) is 10.2. The Labute approximate surface area is 97.0 Å². The van der Waals surface area contributed by atoms with Crippen molar-refractivity contribution in [3.63, 3.8) is 0 Å². The van der Waals surface area contributed by atoms with Crippen LogP contribution < -0.4 is 5.32 Å². The lowest BCUT2D eigenvalue weighted by Gasteiger charge is -2.17. The molecule has 0 aliphatic carbocycles. The molecule has 1 rings (SSSR count). The van der Waals surface area contributed by atoms with Gasteiger partial charge in [0.15, 0.2) is 0 Å². The lowest BCUT2D eigenvalue weighted by molar-refractivity contribution is 0.161. The van der Waals surface area contributed by atoms with Gasteiger partial charge in [0.25, 0.3) is 0 Å². The predicted molar refractivity (Wildman–Crippen MR) is 63.3 cm³/mol. The van der Waals surface area contributed by atoms with Crippen molar-refractivity contribution >= 4 is 0 Å². The van der Waals surface area contributed by atoms with E-state index in [4.69, 9.17) is 4.74 Å². The van der Waals surface area contributed by atoms with E-state index >= 15 is 0 Å². The fourth-order valence-electron chi connectivity index (χ4n) is 1.64. The molecule has 92 valence electrons. The molecule has 0 fully saturated rings. The lowest BCUT2D eigenvalue weighted by atomic mass is 10.1. The molecule has 0 saturated heterocycles. The summed E-state index contributed by atoms with van der Waals surface area (Å²) in [5, 5.41) is 10.2. The summed E-state index contributed by atoms with van der Waals surface area (Å²) >= 11 is 0. The van der Waals surface area contributed by atoms with E-state index in [2.05, 4.69) is 27.4 Å². The Morgan fingerprint density at radius 3 is 3.06 bits per heavy atom. The van der Waals surface area contributed by atoms with Gasteiger partial charge in [-0.25, -0.2) is 4.98 Å². The topological polar surface area (TPSA) is 62.8 Å². The molecular weight excluding hydrogens is 204 g/mol. The highest BCUT2D eigenvalue weighted by molar-refractivity contribution is 4.81. The van der Waals surface area contributed by atoms with Crippen LogP contribution in [0, 0.1) is 0 Å². The van der Waals surface area contributed by atoms with E-state index < -0.39 is 0 Å². The molecule has 0 radical (unpaired) electrons. The number of nitrogens with zero attached hydrogens (tertiary/aromatic N) is 2. The number of hydrogen-bond donors (Lipinski definition) is 2. The summed E-state index contributed by atoms with van der Waals surface area (Å²) in [4.78, 5) is 4.08. The van der Waals surface area contributed by atoms with Gasteiger partial charge < -0.3 is 10.1 Å². The van der Waals surface area contributed by atoms with Crippen molar-refractivity contribution in [3.8, 4) is 0 Å². The number of methoxy groups -OCH3 is 1. The maximum absolute atomic E-state index is 5.19. The van der Waals surface area contributed by atoms with Crippen molar-refractivity contribution in [3.05, 3.63) is 12.2 Å². The van der Waals surface area contributed by atoms with Crippen LogP contribution in [0.25, 0.3) is 0 Å². The Hall–Kier alpha value is -0.940. The van der Waals surface area contributed by atoms with Gasteiger partial charge in [0, 0.05) is 26.1 Å². The highest BCUT2D eigenvalue weighted by atomic mass is 16.5. The van der Waals surface area contributed by atoms with Gasteiger partial charge in [-0.3, -0.25) is 5.10 Å². The zero-order valence-corrected chi connectivity index (χ0v) is 10.2. The number of aromatic amines is 1. The molecule has 2 N–H and O–H groups in total. The maximum Gasteiger partial charge on any atom is 0.137 e. The molecule has 0 aromatic carbocycles. The predicted octanol–water partition coefficient (Wildman–Crippen LogP) is 1.14. The van der Waals surface area contributed by atoms with E-state index in [1.807, 2.05) is 0 Å². The second kappa shape index (κ2) is 8.24. The Kier molecular flexibility index (Phi) is 6.76. The Balaban J connectivity index is 2.15. The molecular formula is C11H22N4O. The molecule has 1 unspecified atom stereocenters. The fraction of sp³-hybridized carbons (Fsp3) is 0.818. The van der Waals surface area contributed by atoms with E-state index in [-0.39, 0.29) is 0 Å². The van der Waals surface area contributed by atoms with Gasteiger partial charge in [-0.2, -0.15) is 5.10 Å². The summed E-state index contributed by atoms with van der Waals surface area (Å²) in [5.41, 5.74) is 0. The van der Waals surface area contributed by atoms with Crippen molar-refractivity contribution in [2.45, 2.75) is 38.6 Å². The van der Waals surface area contributed by atoms with E-state index in [1.54, 1.807) is 13.4 Å². The normalized spacial score (nSPS) is 12.9. The van der Waals surface area contributed by atoms with Crippen LogP contribution in [0.5, 0.6) is 0 Å². The average Bonchev–Trinajstić information content (AvgIpc) is 2.79. The number of aromatic nitrogens is 3. The van der Waals surface area contributed by atoms with E-state index in [1.165, 1.54) is 19.3 Å². The monoisotopic (exact) mass is 226 g/mol. The number of nitrogens with one attached hydrogen (secondary N) is 2. The van der Waals surface area contributed by atoms with Crippen molar-refractivity contribution in [2.24, 2.45) is 0 Å². The summed E-state index contributed by atoms with van der Waals surface area (Å²) < 4.78 is 5.19. The van der Waals surface area contributed by atoms with Crippen LogP contribution >= 0.6 is 0 Å². The van der Waals surface area contributed by atoms with E-state index in [0.717, 1.165) is 25.4 Å². The second-order valence-electron chi connectivity index (χ2n) is 3.93. The van der Waals surface area contributed by atoms with Gasteiger partial charge in [0.05, 0.1) is 6.61 Å². The standard InChI is InChI=1S/C11H22N4O/c1-3-4-5-10(8-16-2)12-7-6-11-13-9-14-15-11/h9-10,12H,3-8H2,1-2H3,(H,13,14,15). The van der Waals surface area contributed by atoms with Gasteiger partial charge >= 0.3 is 0 Å². The molecule has 16 heavy (non-hydrogen) atoms. The van der Waals surface area contributed by atoms with Gasteiger partial charge in [0.2, 0.25) is 0 Å². The summed E-state index contributed by atoms with van der Waals surface area (Å²) in [7, 11) is 1.75. The van der Waals surface area contributed by atoms with Crippen LogP contribution in [0.15, 0.2) is 6.33 Å². The molecule has 1 aromatic rings. The maximum atomic E-state index is 5.19. The summed E-state index contributed by atoms with van der Waals surface area (Å²) in [6.07, 6.45) is 6.06. The molecule has 0 spiro atoms. The third-order valence-corrected chi connectivity index (χ3v) is 2.53. The highest BCUT2D eigenvalue weighted by Crippen LogP contribution is 2.01. The van der Waals surface area contributed by atoms with Crippen LogP contribution in [-0.2, 0) is 11.2 Å². The molecule has 0 amide bonds. The molecule has 5 nitrogen and oxygen atoms in total. The van der Waals surface area contributed by atoms with Crippen LogP contribution in [-0.4, -0.2) is 41.5 Å². The number of unbranched alkanes of at least 4 members (excludes halogenated alkanes) is 1. The van der Waals surface area contributed by atoms with Gasteiger partial charge in [0.1, 0.15) is 12.2 Å². The summed E-state index contributed by atoms with van der Waals surface area (Å²) in [5.74, 6) is 0.930. The smallest absolute Gasteiger partial charge is 0.137 e. The molecule has 0 aliphatic heterocycles. The van der Waals surface area contributed by atoms with Gasteiger partial charge in [-0.15, -0.1) is 0 Å². The SMILES string of the molecule is CCCCC(COC)NCCc1ncn[nH]1. The summed E-state index contributed by atoms with van der Waals surface area (Å²) in [6, 6.07) is 0.452. The molecule has 1 atom stereocenters. The summed E-state index contributed by atoms with van der Waals surface area (Å²) in [6.45, 7) is 3.89. The van der Waals surface area contributed by atoms with Crippen LogP contribution in [0.1, 0.15) is 32.0 Å². The first-order valence-electron chi connectivity index (χ1n) is 5.93. The minimum atomic E-state index is 0.452. The third kappa shape index (κ3) is 5.23. The number of hydrogen-bond acceptors (Lipinski definition) is 4. The molecule has 0 bridgehead atoms. The van der Waals surface area contributed by atoms with E-state index in [0.29, 0.717) is 6.04 Å². The Morgan fingerprint density at radius 2 is 2.44 bits per heavy atom. The molecule has 0 aliphatic rings. The molecule has 1 aromatic heterocycles. The van der Waals surface area contributed by atoms with Crippen molar-refractivity contribution < 1.29 is 4.74 Å². The quantitative estimate of drug-likeness (QED) is 0.663. The molecule has 5 heteroatoms. The lowest BCUT2D eigenvalue weighted by Crippen LogP contribution is -2.34. The minimum absolute atomic E-state index is 0.452. The zero-order chi connectivity index (χ0) is 11.6. The number of H-pyrrole nitrogens is 1. The average molecular weight is 226 g/mol. The second-order valence-corrected chi connectivity index (χ2v) is 3.93. The molecule has 1 heterocycles.